The summed E-state index contributed by atoms with van der Waals surface area (Å²) in [5.41, 5.74) is 0. The number of piperidine rings is 1. The standard InChI is InChI=1S/C20H34N4O3.HI/c1-3-5-6-12-21-19(22-13-9-18-8-7-16-27-18)23-17-10-14-24(15-11-17)20(25)26-4-2;/h7-8,16-17H,3-6,9-15H2,1-2H3,(H2,21,22,23);1H. The molecule has 0 aliphatic carbocycles. The Morgan fingerprint density at radius 1 is 1.32 bits per heavy atom. The predicted molar refractivity (Wildman–Crippen MR) is 122 cm³/mol. The average Bonchev–Trinajstić information content (AvgIpc) is 3.19. The van der Waals surface area contributed by atoms with Crippen molar-refractivity contribution in [1.82, 2.24) is 15.5 Å². The molecule has 2 rings (SSSR count). The normalized spacial score (nSPS) is 15.1. The summed E-state index contributed by atoms with van der Waals surface area (Å²) in [6, 6.07) is 4.21. The molecule has 1 saturated heterocycles. The number of nitrogens with zero attached hydrogens (tertiary/aromatic N) is 2. The molecule has 1 fully saturated rings. The van der Waals surface area contributed by atoms with Gasteiger partial charge in [-0.2, -0.15) is 0 Å². The molecular weight excluding hydrogens is 471 g/mol. The molecule has 0 radical (unpaired) electrons. The van der Waals surface area contributed by atoms with Crippen LogP contribution < -0.4 is 10.6 Å². The third-order valence-corrected chi connectivity index (χ3v) is 4.64. The number of hydrogen-bond donors (Lipinski definition) is 2. The van der Waals surface area contributed by atoms with Gasteiger partial charge in [-0.05, 0) is 38.3 Å². The van der Waals surface area contributed by atoms with E-state index >= 15 is 0 Å². The van der Waals surface area contributed by atoms with E-state index in [1.807, 2.05) is 19.1 Å². The number of carbonyl (C=O) groups excluding carboxylic acids is 1. The first-order valence-electron chi connectivity index (χ1n) is 10.2. The first kappa shape index (κ1) is 24.6. The van der Waals surface area contributed by atoms with Crippen molar-refractivity contribution < 1.29 is 13.9 Å². The van der Waals surface area contributed by atoms with E-state index < -0.39 is 0 Å². The van der Waals surface area contributed by atoms with Crippen molar-refractivity contribution >= 4 is 36.0 Å². The molecule has 160 valence electrons. The second-order valence-electron chi connectivity index (χ2n) is 6.80. The van der Waals surface area contributed by atoms with Gasteiger partial charge in [0.25, 0.3) is 0 Å². The van der Waals surface area contributed by atoms with Gasteiger partial charge in [0.2, 0.25) is 0 Å². The van der Waals surface area contributed by atoms with Gasteiger partial charge in [-0.1, -0.05) is 19.8 Å². The summed E-state index contributed by atoms with van der Waals surface area (Å²) in [6.07, 6.45) is 7.59. The van der Waals surface area contributed by atoms with Crippen LogP contribution in [0.3, 0.4) is 0 Å². The van der Waals surface area contributed by atoms with Crippen molar-refractivity contribution in [2.24, 2.45) is 4.99 Å². The minimum absolute atomic E-state index is 0. The van der Waals surface area contributed by atoms with E-state index in [4.69, 9.17) is 14.1 Å². The number of hydrogen-bond acceptors (Lipinski definition) is 4. The Balaban J connectivity index is 0.00000392. The lowest BCUT2D eigenvalue weighted by molar-refractivity contribution is 0.0963. The van der Waals surface area contributed by atoms with Crippen molar-refractivity contribution in [3.05, 3.63) is 24.2 Å². The number of nitrogens with one attached hydrogen (secondary N) is 2. The Labute approximate surface area is 185 Å². The smallest absolute Gasteiger partial charge is 0.409 e. The molecule has 0 saturated carbocycles. The van der Waals surface area contributed by atoms with Gasteiger partial charge in [-0.15, -0.1) is 24.0 Å². The van der Waals surface area contributed by atoms with Gasteiger partial charge in [-0.25, -0.2) is 4.79 Å². The molecule has 2 heterocycles. The third kappa shape index (κ3) is 9.16. The number of halogens is 1. The number of carbonyl (C=O) groups is 1. The number of likely N-dealkylation sites (tertiary alicyclic amines) is 1. The van der Waals surface area contributed by atoms with Crippen LogP contribution in [0.4, 0.5) is 4.79 Å². The lowest BCUT2D eigenvalue weighted by atomic mass is 10.1. The largest absolute Gasteiger partial charge is 0.469 e. The van der Waals surface area contributed by atoms with E-state index in [-0.39, 0.29) is 30.1 Å². The van der Waals surface area contributed by atoms with Crippen LogP contribution in [-0.4, -0.2) is 55.8 Å². The van der Waals surface area contributed by atoms with Gasteiger partial charge in [-0.3, -0.25) is 4.99 Å². The number of furan rings is 1. The SMILES string of the molecule is CCCCCN=C(NCCc1ccco1)NC1CCN(C(=O)OCC)CC1.I. The van der Waals surface area contributed by atoms with Gasteiger partial charge in [0.15, 0.2) is 5.96 Å². The number of aliphatic imine (C=N–C) groups is 1. The first-order valence-corrected chi connectivity index (χ1v) is 10.2. The Hall–Kier alpha value is -1.45. The van der Waals surface area contributed by atoms with E-state index in [9.17, 15) is 4.79 Å². The highest BCUT2D eigenvalue weighted by Crippen LogP contribution is 2.11. The molecule has 0 aromatic carbocycles. The number of ether oxygens (including phenoxy) is 1. The molecular formula is C20H35IN4O3. The molecule has 0 spiro atoms. The van der Waals surface area contributed by atoms with Crippen LogP contribution in [0.1, 0.15) is 51.7 Å². The fourth-order valence-electron chi connectivity index (χ4n) is 3.08. The number of unbranched alkanes of at least 4 members (excludes halogenated alkanes) is 2. The van der Waals surface area contributed by atoms with Crippen molar-refractivity contribution in [2.75, 3.05) is 32.8 Å². The van der Waals surface area contributed by atoms with Crippen LogP contribution >= 0.6 is 24.0 Å². The maximum atomic E-state index is 11.8. The van der Waals surface area contributed by atoms with Crippen molar-refractivity contribution in [3.8, 4) is 0 Å². The average molecular weight is 506 g/mol. The minimum Gasteiger partial charge on any atom is -0.469 e. The summed E-state index contributed by atoms with van der Waals surface area (Å²) in [6.45, 7) is 7.48. The van der Waals surface area contributed by atoms with E-state index in [0.717, 1.165) is 50.5 Å². The molecule has 1 amide bonds. The molecule has 7 nitrogen and oxygen atoms in total. The molecule has 0 unspecified atom stereocenters. The van der Waals surface area contributed by atoms with E-state index in [2.05, 4.69) is 17.6 Å². The fraction of sp³-hybridized carbons (Fsp3) is 0.700. The Kier molecular flexibility index (Phi) is 12.8. The second kappa shape index (κ2) is 14.5. The molecule has 28 heavy (non-hydrogen) atoms. The van der Waals surface area contributed by atoms with Crippen molar-refractivity contribution in [2.45, 2.75) is 58.4 Å². The highest BCUT2D eigenvalue weighted by atomic mass is 127. The highest BCUT2D eigenvalue weighted by molar-refractivity contribution is 14.0. The number of guanidine groups is 1. The zero-order valence-electron chi connectivity index (χ0n) is 17.1. The van der Waals surface area contributed by atoms with Gasteiger partial charge in [0, 0.05) is 38.6 Å². The molecule has 1 aromatic heterocycles. The quantitative estimate of drug-likeness (QED) is 0.231. The van der Waals surface area contributed by atoms with E-state index in [1.165, 1.54) is 12.8 Å². The summed E-state index contributed by atoms with van der Waals surface area (Å²) < 4.78 is 10.5. The van der Waals surface area contributed by atoms with Crippen LogP contribution in [0, 0.1) is 0 Å². The molecule has 8 heteroatoms. The number of rotatable bonds is 9. The van der Waals surface area contributed by atoms with Crippen LogP contribution in [0.15, 0.2) is 27.8 Å². The summed E-state index contributed by atoms with van der Waals surface area (Å²) in [5, 5.41) is 6.94. The van der Waals surface area contributed by atoms with Crippen LogP contribution in [0.2, 0.25) is 0 Å². The molecule has 1 aromatic rings. The molecule has 1 aliphatic heterocycles. The van der Waals surface area contributed by atoms with Gasteiger partial charge in [0.05, 0.1) is 12.9 Å². The fourth-order valence-corrected chi connectivity index (χ4v) is 3.08. The summed E-state index contributed by atoms with van der Waals surface area (Å²) in [5.74, 6) is 1.82. The van der Waals surface area contributed by atoms with Crippen molar-refractivity contribution in [3.63, 3.8) is 0 Å². The summed E-state index contributed by atoms with van der Waals surface area (Å²) in [7, 11) is 0. The second-order valence-corrected chi connectivity index (χ2v) is 6.80. The molecule has 0 atom stereocenters. The van der Waals surface area contributed by atoms with Gasteiger partial charge >= 0.3 is 6.09 Å². The zero-order chi connectivity index (χ0) is 19.3. The predicted octanol–water partition coefficient (Wildman–Crippen LogP) is 3.79. The first-order chi connectivity index (χ1) is 13.2. The lowest BCUT2D eigenvalue weighted by Crippen LogP contribution is -2.50. The maximum absolute atomic E-state index is 11.8. The van der Waals surface area contributed by atoms with E-state index in [1.54, 1.807) is 11.2 Å². The zero-order valence-corrected chi connectivity index (χ0v) is 19.4. The van der Waals surface area contributed by atoms with Crippen LogP contribution in [-0.2, 0) is 11.2 Å². The maximum Gasteiger partial charge on any atom is 0.409 e. The lowest BCUT2D eigenvalue weighted by Gasteiger charge is -2.32. The summed E-state index contributed by atoms with van der Waals surface area (Å²) >= 11 is 0. The van der Waals surface area contributed by atoms with Gasteiger partial charge < -0.3 is 24.7 Å². The topological polar surface area (TPSA) is 79.1 Å². The Morgan fingerprint density at radius 3 is 2.75 bits per heavy atom. The van der Waals surface area contributed by atoms with Crippen molar-refractivity contribution in [1.29, 1.82) is 0 Å². The monoisotopic (exact) mass is 506 g/mol. The molecule has 0 bridgehead atoms. The molecule has 2 N–H and O–H groups in total. The summed E-state index contributed by atoms with van der Waals surface area (Å²) in [4.78, 5) is 18.3. The molecule has 1 aliphatic rings. The van der Waals surface area contributed by atoms with Crippen LogP contribution in [0.25, 0.3) is 0 Å². The highest BCUT2D eigenvalue weighted by Gasteiger charge is 2.24. The number of amides is 1. The van der Waals surface area contributed by atoms with Crippen LogP contribution in [0.5, 0.6) is 0 Å². The van der Waals surface area contributed by atoms with Gasteiger partial charge in [0.1, 0.15) is 5.76 Å². The minimum atomic E-state index is -0.207. The third-order valence-electron chi connectivity index (χ3n) is 4.64. The Morgan fingerprint density at radius 2 is 2.11 bits per heavy atom. The van der Waals surface area contributed by atoms with E-state index in [0.29, 0.717) is 25.7 Å². The Bertz CT molecular complexity index is 558.